The van der Waals surface area contributed by atoms with E-state index < -0.39 is 0 Å². The predicted octanol–water partition coefficient (Wildman–Crippen LogP) is 14.4. The molecule has 1 aromatic heterocycles. The predicted molar refractivity (Wildman–Crippen MR) is 229 cm³/mol. The maximum atomic E-state index is 2.42. The largest absolute Gasteiger partial charge is 0.310 e. The van der Waals surface area contributed by atoms with Crippen molar-refractivity contribution in [2.45, 2.75) is 0 Å². The van der Waals surface area contributed by atoms with E-state index in [4.69, 9.17) is 0 Å². The van der Waals surface area contributed by atoms with Crippen LogP contribution < -0.4 is 4.90 Å². The molecule has 10 aromatic rings. The van der Waals surface area contributed by atoms with Crippen LogP contribution in [0.5, 0.6) is 0 Å². The molecule has 0 N–H and O–H groups in total. The van der Waals surface area contributed by atoms with Gasteiger partial charge in [-0.05, 0) is 87.1 Å². The van der Waals surface area contributed by atoms with E-state index in [9.17, 15) is 0 Å². The molecule has 0 saturated carbocycles. The molecular weight excluding hydrogens is 653 g/mol. The Morgan fingerprint density at radius 2 is 0.833 bits per heavy atom. The molecule has 0 fully saturated rings. The number of para-hydroxylation sites is 2. The summed E-state index contributed by atoms with van der Waals surface area (Å²) in [5, 5.41) is 4.89. The summed E-state index contributed by atoms with van der Waals surface area (Å²) in [5.74, 6) is 0. The van der Waals surface area contributed by atoms with Crippen molar-refractivity contribution in [3.05, 3.63) is 218 Å². The van der Waals surface area contributed by atoms with E-state index in [0.29, 0.717) is 0 Å². The lowest BCUT2D eigenvalue weighted by molar-refractivity contribution is 1.18. The molecule has 0 aliphatic rings. The quantitative estimate of drug-likeness (QED) is 0.162. The van der Waals surface area contributed by atoms with Gasteiger partial charge in [0.2, 0.25) is 0 Å². The highest BCUT2D eigenvalue weighted by atomic mass is 15.1. The van der Waals surface area contributed by atoms with Gasteiger partial charge < -0.3 is 9.47 Å². The number of aromatic nitrogens is 1. The van der Waals surface area contributed by atoms with Gasteiger partial charge in [0, 0.05) is 33.4 Å². The molecule has 0 aliphatic carbocycles. The summed E-state index contributed by atoms with van der Waals surface area (Å²) in [6, 6.07) is 78.9. The number of fused-ring (bicyclic) bond motifs is 4. The van der Waals surface area contributed by atoms with Crippen molar-refractivity contribution < 1.29 is 0 Å². The SMILES string of the molecule is c1ccc(-c2ccccc2-c2ccc(-n3c4ccccc4c4ccc(N(c5ccc6ccccc6c5)c5ccccc5-c5ccccc5)cc43)cc2)cc1. The van der Waals surface area contributed by atoms with Gasteiger partial charge in [0.15, 0.2) is 0 Å². The van der Waals surface area contributed by atoms with Gasteiger partial charge in [-0.1, -0.05) is 170 Å². The highest BCUT2D eigenvalue weighted by Crippen LogP contribution is 2.44. The molecule has 2 nitrogen and oxygen atoms in total. The Kier molecular flexibility index (Phi) is 7.85. The first-order valence-electron chi connectivity index (χ1n) is 18.5. The minimum Gasteiger partial charge on any atom is -0.310 e. The average molecular weight is 689 g/mol. The van der Waals surface area contributed by atoms with E-state index in [1.807, 2.05) is 0 Å². The summed E-state index contributed by atoms with van der Waals surface area (Å²) in [4.78, 5) is 2.42. The molecule has 9 aromatic carbocycles. The van der Waals surface area contributed by atoms with Crippen LogP contribution in [0.1, 0.15) is 0 Å². The van der Waals surface area contributed by atoms with Gasteiger partial charge in [0.1, 0.15) is 0 Å². The van der Waals surface area contributed by atoms with Gasteiger partial charge in [-0.25, -0.2) is 0 Å². The fraction of sp³-hybridized carbons (Fsp3) is 0. The molecule has 0 saturated heterocycles. The lowest BCUT2D eigenvalue weighted by atomic mass is 9.94. The maximum Gasteiger partial charge on any atom is 0.0561 e. The zero-order valence-electron chi connectivity index (χ0n) is 29.7. The Morgan fingerprint density at radius 3 is 1.57 bits per heavy atom. The minimum absolute atomic E-state index is 1.10. The first-order chi connectivity index (χ1) is 26.8. The number of rotatable bonds is 7. The fourth-order valence-corrected chi connectivity index (χ4v) is 8.04. The van der Waals surface area contributed by atoms with Crippen molar-refractivity contribution in [2.24, 2.45) is 0 Å². The van der Waals surface area contributed by atoms with Crippen LogP contribution >= 0.6 is 0 Å². The van der Waals surface area contributed by atoms with E-state index in [1.165, 1.54) is 60.4 Å². The van der Waals surface area contributed by atoms with E-state index in [-0.39, 0.29) is 0 Å². The molecule has 54 heavy (non-hydrogen) atoms. The molecule has 0 unspecified atom stereocenters. The van der Waals surface area contributed by atoms with Gasteiger partial charge in [-0.15, -0.1) is 0 Å². The molecule has 0 bridgehead atoms. The Balaban J connectivity index is 1.16. The third kappa shape index (κ3) is 5.53. The summed E-state index contributed by atoms with van der Waals surface area (Å²) in [6.45, 7) is 0. The second-order valence-corrected chi connectivity index (χ2v) is 13.8. The Morgan fingerprint density at radius 1 is 0.315 bits per heavy atom. The van der Waals surface area contributed by atoms with Crippen LogP contribution in [0, 0.1) is 0 Å². The number of nitrogens with zero attached hydrogens (tertiary/aromatic N) is 2. The minimum atomic E-state index is 1.10. The standard InChI is InChI=1S/C52H36N2/c1-3-16-38(17-4-1)45-21-9-10-22-46(45)40-28-30-42(31-29-40)54-51-26-14-12-24-48(51)49-34-33-44(36-52(49)54)53(43-32-27-37-15-7-8-20-41(37)35-43)50-25-13-11-23-47(50)39-18-5-2-6-19-39/h1-36H. The van der Waals surface area contributed by atoms with Crippen LogP contribution in [0.4, 0.5) is 17.1 Å². The van der Waals surface area contributed by atoms with E-state index in [0.717, 1.165) is 28.3 Å². The third-order valence-electron chi connectivity index (χ3n) is 10.6. The molecular formula is C52H36N2. The highest BCUT2D eigenvalue weighted by Gasteiger charge is 2.20. The zero-order chi connectivity index (χ0) is 35.8. The van der Waals surface area contributed by atoms with Crippen molar-refractivity contribution in [1.82, 2.24) is 4.57 Å². The summed E-state index contributed by atoms with van der Waals surface area (Å²) in [7, 11) is 0. The zero-order valence-corrected chi connectivity index (χ0v) is 29.7. The molecule has 1 heterocycles. The van der Waals surface area contributed by atoms with Crippen LogP contribution in [0.2, 0.25) is 0 Å². The van der Waals surface area contributed by atoms with Crippen LogP contribution in [-0.2, 0) is 0 Å². The van der Waals surface area contributed by atoms with Crippen molar-refractivity contribution in [1.29, 1.82) is 0 Å². The number of hydrogen-bond acceptors (Lipinski definition) is 1. The van der Waals surface area contributed by atoms with Crippen molar-refractivity contribution in [2.75, 3.05) is 4.90 Å². The number of anilines is 3. The molecule has 0 aliphatic heterocycles. The Hall–Kier alpha value is -7.16. The van der Waals surface area contributed by atoms with Gasteiger partial charge in [0.25, 0.3) is 0 Å². The lowest BCUT2D eigenvalue weighted by Crippen LogP contribution is -2.11. The summed E-state index contributed by atoms with van der Waals surface area (Å²) in [5.41, 5.74) is 14.0. The smallest absolute Gasteiger partial charge is 0.0561 e. The molecule has 10 rings (SSSR count). The van der Waals surface area contributed by atoms with Crippen LogP contribution in [0.3, 0.4) is 0 Å². The molecule has 0 spiro atoms. The second-order valence-electron chi connectivity index (χ2n) is 13.8. The van der Waals surface area contributed by atoms with E-state index in [2.05, 4.69) is 228 Å². The van der Waals surface area contributed by atoms with Gasteiger partial charge in [-0.2, -0.15) is 0 Å². The number of hydrogen-bond donors (Lipinski definition) is 0. The van der Waals surface area contributed by atoms with Gasteiger partial charge in [-0.3, -0.25) is 0 Å². The van der Waals surface area contributed by atoms with E-state index in [1.54, 1.807) is 0 Å². The Bertz CT molecular complexity index is 2920. The first-order valence-corrected chi connectivity index (χ1v) is 18.5. The van der Waals surface area contributed by atoms with E-state index >= 15 is 0 Å². The van der Waals surface area contributed by atoms with Gasteiger partial charge in [0.05, 0.1) is 16.7 Å². The van der Waals surface area contributed by atoms with Crippen molar-refractivity contribution in [3.8, 4) is 39.1 Å². The summed E-state index contributed by atoms with van der Waals surface area (Å²) >= 11 is 0. The second kappa shape index (κ2) is 13.4. The fourth-order valence-electron chi connectivity index (χ4n) is 8.04. The number of benzene rings is 9. The monoisotopic (exact) mass is 688 g/mol. The Labute approximate surface area is 315 Å². The summed E-state index contributed by atoms with van der Waals surface area (Å²) in [6.07, 6.45) is 0. The molecule has 254 valence electrons. The molecule has 2 heteroatoms. The normalized spacial score (nSPS) is 11.3. The lowest BCUT2D eigenvalue weighted by Gasteiger charge is -2.28. The maximum absolute atomic E-state index is 2.42. The topological polar surface area (TPSA) is 8.17 Å². The van der Waals surface area contributed by atoms with Crippen LogP contribution in [0.25, 0.3) is 71.6 Å². The summed E-state index contributed by atoms with van der Waals surface area (Å²) < 4.78 is 2.42. The molecule has 0 atom stereocenters. The third-order valence-corrected chi connectivity index (χ3v) is 10.6. The first kappa shape index (κ1) is 31.6. The van der Waals surface area contributed by atoms with Crippen LogP contribution in [-0.4, -0.2) is 4.57 Å². The van der Waals surface area contributed by atoms with Crippen molar-refractivity contribution >= 4 is 49.6 Å². The molecule has 0 radical (unpaired) electrons. The molecule has 0 amide bonds. The van der Waals surface area contributed by atoms with Crippen LogP contribution in [0.15, 0.2) is 218 Å². The van der Waals surface area contributed by atoms with Gasteiger partial charge >= 0.3 is 0 Å². The average Bonchev–Trinajstić information content (AvgIpc) is 3.58. The van der Waals surface area contributed by atoms with Crippen molar-refractivity contribution in [3.63, 3.8) is 0 Å². The highest BCUT2D eigenvalue weighted by molar-refractivity contribution is 6.10.